The van der Waals surface area contributed by atoms with Crippen LogP contribution < -0.4 is 10.6 Å². The van der Waals surface area contributed by atoms with Crippen LogP contribution in [0.25, 0.3) is 11.3 Å². The molecule has 7 nitrogen and oxygen atoms in total. The van der Waals surface area contributed by atoms with Gasteiger partial charge in [-0.1, -0.05) is 44.9 Å². The summed E-state index contributed by atoms with van der Waals surface area (Å²) in [7, 11) is 0. The molecule has 41 heavy (non-hydrogen) atoms. The molecule has 2 fully saturated rings. The maximum absolute atomic E-state index is 13.9. The third kappa shape index (κ3) is 8.33. The Morgan fingerprint density at radius 2 is 1.71 bits per heavy atom. The van der Waals surface area contributed by atoms with Crippen molar-refractivity contribution in [3.05, 3.63) is 41.6 Å². The molecule has 0 radical (unpaired) electrons. The lowest BCUT2D eigenvalue weighted by Crippen LogP contribution is -2.45. The van der Waals surface area contributed by atoms with Crippen LogP contribution in [-0.2, 0) is 11.0 Å². The molecule has 0 aliphatic heterocycles. The van der Waals surface area contributed by atoms with Crippen molar-refractivity contribution >= 4 is 11.8 Å². The van der Waals surface area contributed by atoms with E-state index >= 15 is 0 Å². The monoisotopic (exact) mass is 575 g/mol. The van der Waals surface area contributed by atoms with Gasteiger partial charge in [-0.05, 0) is 76.6 Å². The zero-order chi connectivity index (χ0) is 29.4. The zero-order valence-corrected chi connectivity index (χ0v) is 24.3. The Hall–Kier alpha value is -2.88. The summed E-state index contributed by atoms with van der Waals surface area (Å²) in [5, 5.41) is 10.7. The van der Waals surface area contributed by atoms with Crippen LogP contribution in [0, 0.1) is 0 Å². The van der Waals surface area contributed by atoms with Gasteiger partial charge in [0.15, 0.2) is 5.69 Å². The number of amides is 2. The number of halogens is 3. The van der Waals surface area contributed by atoms with E-state index in [0.29, 0.717) is 12.1 Å². The standard InChI is InChI=1S/C31H44F3N5O2/c1-3-17-38(18-4-2)19-16-23(20-29(40)35-22-10-9-11-22)36-30(41)27-21-28(39(37-27)24-12-5-6-13-24)25-14-7-8-15-26(25)31(32,33)34/h7-8,14-15,21-24H,3-6,9-13,16-20H2,1-2H3,(H,35,40)(H,36,41). The average molecular weight is 576 g/mol. The van der Waals surface area contributed by atoms with Gasteiger partial charge in [-0.25, -0.2) is 0 Å². The fourth-order valence-corrected chi connectivity index (χ4v) is 5.94. The minimum Gasteiger partial charge on any atom is -0.353 e. The Morgan fingerprint density at radius 3 is 2.32 bits per heavy atom. The lowest BCUT2D eigenvalue weighted by atomic mass is 9.93. The lowest BCUT2D eigenvalue weighted by Gasteiger charge is -2.28. The Bertz CT molecular complexity index is 1150. The predicted octanol–water partition coefficient (Wildman–Crippen LogP) is 6.35. The molecule has 2 aliphatic carbocycles. The van der Waals surface area contributed by atoms with Gasteiger partial charge in [-0.15, -0.1) is 0 Å². The molecule has 0 spiro atoms. The van der Waals surface area contributed by atoms with Crippen LogP contribution >= 0.6 is 0 Å². The van der Waals surface area contributed by atoms with Crippen LogP contribution in [0.1, 0.15) is 107 Å². The zero-order valence-electron chi connectivity index (χ0n) is 24.3. The maximum atomic E-state index is 13.9. The summed E-state index contributed by atoms with van der Waals surface area (Å²) in [4.78, 5) is 28.7. The van der Waals surface area contributed by atoms with E-state index in [1.165, 1.54) is 18.2 Å². The Morgan fingerprint density at radius 1 is 1.02 bits per heavy atom. The highest BCUT2D eigenvalue weighted by atomic mass is 19.4. The molecule has 10 heteroatoms. The number of rotatable bonds is 14. The molecule has 4 rings (SSSR count). The minimum atomic E-state index is -4.54. The van der Waals surface area contributed by atoms with Gasteiger partial charge in [0.1, 0.15) is 0 Å². The second-order valence-corrected chi connectivity index (χ2v) is 11.5. The van der Waals surface area contributed by atoms with E-state index < -0.39 is 23.7 Å². The summed E-state index contributed by atoms with van der Waals surface area (Å²) >= 11 is 0. The van der Waals surface area contributed by atoms with Crippen LogP contribution in [0.5, 0.6) is 0 Å². The molecular formula is C31H44F3N5O2. The number of carbonyl (C=O) groups is 2. The summed E-state index contributed by atoms with van der Waals surface area (Å²) in [5.74, 6) is -0.555. The molecule has 226 valence electrons. The fourth-order valence-electron chi connectivity index (χ4n) is 5.94. The molecule has 0 saturated heterocycles. The lowest BCUT2D eigenvalue weighted by molar-refractivity contribution is -0.137. The first-order valence-corrected chi connectivity index (χ1v) is 15.3. The second-order valence-electron chi connectivity index (χ2n) is 11.5. The number of hydrogen-bond donors (Lipinski definition) is 2. The number of nitrogens with zero attached hydrogens (tertiary/aromatic N) is 3. The summed E-state index contributed by atoms with van der Waals surface area (Å²) < 4.78 is 43.4. The highest BCUT2D eigenvalue weighted by Gasteiger charge is 2.35. The van der Waals surface area contributed by atoms with Gasteiger partial charge >= 0.3 is 6.18 Å². The molecule has 2 aromatic rings. The number of hydrogen-bond acceptors (Lipinski definition) is 4. The Kier molecular flexibility index (Phi) is 10.9. The van der Waals surface area contributed by atoms with Crippen molar-refractivity contribution in [2.24, 2.45) is 0 Å². The van der Waals surface area contributed by atoms with E-state index in [9.17, 15) is 22.8 Å². The third-order valence-electron chi connectivity index (χ3n) is 8.26. The molecule has 1 aromatic carbocycles. The van der Waals surface area contributed by atoms with Gasteiger partial charge < -0.3 is 15.5 Å². The van der Waals surface area contributed by atoms with E-state index in [0.717, 1.165) is 83.5 Å². The number of benzene rings is 1. The molecule has 2 saturated carbocycles. The number of carbonyl (C=O) groups excluding carboxylic acids is 2. The van der Waals surface area contributed by atoms with E-state index in [1.54, 1.807) is 10.7 Å². The van der Waals surface area contributed by atoms with Crippen LogP contribution in [0.4, 0.5) is 13.2 Å². The molecule has 2 aliphatic rings. The number of aromatic nitrogens is 2. The largest absolute Gasteiger partial charge is 0.417 e. The molecular weight excluding hydrogens is 531 g/mol. The topological polar surface area (TPSA) is 79.3 Å². The summed E-state index contributed by atoms with van der Waals surface area (Å²) in [6.45, 7) is 6.88. The van der Waals surface area contributed by atoms with Crippen LogP contribution in [0.3, 0.4) is 0 Å². The van der Waals surface area contributed by atoms with Crippen molar-refractivity contribution in [3.63, 3.8) is 0 Å². The molecule has 1 aromatic heterocycles. The van der Waals surface area contributed by atoms with Crippen molar-refractivity contribution in [1.29, 1.82) is 0 Å². The van der Waals surface area contributed by atoms with Crippen LogP contribution in [0.15, 0.2) is 30.3 Å². The maximum Gasteiger partial charge on any atom is 0.417 e. The molecule has 1 unspecified atom stereocenters. The van der Waals surface area contributed by atoms with Gasteiger partial charge in [0.2, 0.25) is 5.91 Å². The van der Waals surface area contributed by atoms with E-state index in [2.05, 4.69) is 34.5 Å². The first-order valence-electron chi connectivity index (χ1n) is 15.3. The Labute approximate surface area is 241 Å². The van der Waals surface area contributed by atoms with Crippen molar-refractivity contribution in [2.75, 3.05) is 19.6 Å². The van der Waals surface area contributed by atoms with Gasteiger partial charge in [0.05, 0.1) is 17.3 Å². The highest BCUT2D eigenvalue weighted by molar-refractivity contribution is 5.94. The molecule has 1 heterocycles. The first-order chi connectivity index (χ1) is 19.7. The van der Waals surface area contributed by atoms with Crippen molar-refractivity contribution in [2.45, 2.75) is 109 Å². The van der Waals surface area contributed by atoms with Gasteiger partial charge in [-0.2, -0.15) is 18.3 Å². The first kappa shape index (κ1) is 31.1. The van der Waals surface area contributed by atoms with Crippen LogP contribution in [0.2, 0.25) is 0 Å². The summed E-state index contributed by atoms with van der Waals surface area (Å²) in [6.07, 6.45) is 4.85. The van der Waals surface area contributed by atoms with Gasteiger partial charge in [-0.3, -0.25) is 14.3 Å². The average Bonchev–Trinajstić information content (AvgIpc) is 3.59. The van der Waals surface area contributed by atoms with E-state index in [4.69, 9.17) is 0 Å². The van der Waals surface area contributed by atoms with Crippen LogP contribution in [-0.4, -0.2) is 58.2 Å². The number of nitrogens with one attached hydrogen (secondary N) is 2. The molecule has 1 atom stereocenters. The van der Waals surface area contributed by atoms with E-state index in [-0.39, 0.29) is 35.7 Å². The summed E-state index contributed by atoms with van der Waals surface area (Å²) in [6, 6.07) is 6.65. The number of alkyl halides is 3. The quantitative estimate of drug-likeness (QED) is 0.275. The van der Waals surface area contributed by atoms with Crippen molar-refractivity contribution in [1.82, 2.24) is 25.3 Å². The minimum absolute atomic E-state index is 0.0182. The highest BCUT2D eigenvalue weighted by Crippen LogP contribution is 2.40. The van der Waals surface area contributed by atoms with Crippen molar-refractivity contribution < 1.29 is 22.8 Å². The fraction of sp³-hybridized carbons (Fsp3) is 0.645. The third-order valence-corrected chi connectivity index (χ3v) is 8.26. The normalized spacial score (nSPS) is 17.0. The van der Waals surface area contributed by atoms with Crippen molar-refractivity contribution in [3.8, 4) is 11.3 Å². The Balaban J connectivity index is 1.57. The SMILES string of the molecule is CCCN(CCC)CCC(CC(=O)NC1CCC1)NC(=O)c1cc(-c2ccccc2C(F)(F)F)n(C2CCCC2)n1. The second kappa shape index (κ2) is 14.3. The van der Waals surface area contributed by atoms with Gasteiger partial charge in [0.25, 0.3) is 5.91 Å². The summed E-state index contributed by atoms with van der Waals surface area (Å²) in [5.41, 5.74) is -0.355. The predicted molar refractivity (Wildman–Crippen MR) is 153 cm³/mol. The smallest absolute Gasteiger partial charge is 0.353 e. The molecule has 0 bridgehead atoms. The van der Waals surface area contributed by atoms with Gasteiger partial charge in [0, 0.05) is 30.6 Å². The molecule has 2 N–H and O–H groups in total. The van der Waals surface area contributed by atoms with E-state index in [1.807, 2.05) is 0 Å². The molecule has 2 amide bonds.